The average Bonchev–Trinajstić information content (AvgIpc) is 2.80. The lowest BCUT2D eigenvalue weighted by molar-refractivity contribution is -0.142. The van der Waals surface area contributed by atoms with Crippen molar-refractivity contribution in [2.75, 3.05) is 0 Å². The molecule has 0 unspecified atom stereocenters. The van der Waals surface area contributed by atoms with E-state index in [2.05, 4.69) is 5.10 Å². The Balaban J connectivity index is 2.65. The van der Waals surface area contributed by atoms with Crippen LogP contribution in [0.2, 0.25) is 0 Å². The number of halogens is 3. The van der Waals surface area contributed by atoms with Gasteiger partial charge in [-0.3, -0.25) is 4.68 Å². The number of aromatic nitrogens is 3. The van der Waals surface area contributed by atoms with Crippen LogP contribution in [0.1, 0.15) is 11.3 Å². The van der Waals surface area contributed by atoms with Gasteiger partial charge in [0.05, 0.1) is 5.69 Å². The van der Waals surface area contributed by atoms with Gasteiger partial charge in [0, 0.05) is 44.2 Å². The summed E-state index contributed by atoms with van der Waals surface area (Å²) in [6.45, 7) is -0.201. The van der Waals surface area contributed by atoms with Crippen LogP contribution in [0, 0.1) is 0 Å². The summed E-state index contributed by atoms with van der Waals surface area (Å²) < 4.78 is 41.4. The summed E-state index contributed by atoms with van der Waals surface area (Å²) in [6.07, 6.45) is -0.994. The van der Waals surface area contributed by atoms with Gasteiger partial charge in [-0.25, -0.2) is 0 Å². The number of nitrogens with two attached hydrogens (primary N) is 1. The van der Waals surface area contributed by atoms with Crippen molar-refractivity contribution in [1.29, 1.82) is 0 Å². The third-order valence-corrected chi connectivity index (χ3v) is 2.72. The second-order valence-corrected chi connectivity index (χ2v) is 4.07. The van der Waals surface area contributed by atoms with Crippen LogP contribution in [-0.4, -0.2) is 14.3 Å². The van der Waals surface area contributed by atoms with Crippen LogP contribution in [0.4, 0.5) is 13.2 Å². The Bertz CT molecular complexity index is 565. The highest BCUT2D eigenvalue weighted by Gasteiger charge is 2.38. The van der Waals surface area contributed by atoms with Gasteiger partial charge in [0.15, 0.2) is 5.69 Å². The summed E-state index contributed by atoms with van der Waals surface area (Å²) in [4.78, 5) is 0. The lowest BCUT2D eigenvalue weighted by Crippen LogP contribution is -2.11. The van der Waals surface area contributed by atoms with Crippen molar-refractivity contribution >= 4 is 0 Å². The second-order valence-electron chi connectivity index (χ2n) is 4.07. The van der Waals surface area contributed by atoms with Gasteiger partial charge in [-0.15, -0.1) is 0 Å². The molecule has 2 aromatic heterocycles. The van der Waals surface area contributed by atoms with Crippen LogP contribution in [0.15, 0.2) is 18.5 Å². The molecule has 0 aliphatic rings. The third-order valence-electron chi connectivity index (χ3n) is 2.72. The van der Waals surface area contributed by atoms with Gasteiger partial charge in [0.25, 0.3) is 0 Å². The number of hydrogen-bond acceptors (Lipinski definition) is 2. The molecule has 0 spiro atoms. The third kappa shape index (κ3) is 2.01. The SMILES string of the molecule is Cn1ccc(-c2c(CN)c(C(F)(F)F)nn2C)c1. The minimum absolute atomic E-state index is 0.0243. The molecule has 0 saturated carbocycles. The molecule has 0 fully saturated rings. The lowest BCUT2D eigenvalue weighted by Gasteiger charge is -2.05. The van der Waals surface area contributed by atoms with Crippen molar-refractivity contribution < 1.29 is 13.2 Å². The fourth-order valence-electron chi connectivity index (χ4n) is 1.99. The first kappa shape index (κ1) is 12.7. The number of nitrogens with zero attached hydrogens (tertiary/aromatic N) is 3. The summed E-state index contributed by atoms with van der Waals surface area (Å²) in [7, 11) is 3.28. The van der Waals surface area contributed by atoms with Gasteiger partial charge in [-0.05, 0) is 6.07 Å². The van der Waals surface area contributed by atoms with Crippen molar-refractivity contribution in [3.63, 3.8) is 0 Å². The first-order chi connectivity index (χ1) is 8.34. The molecule has 98 valence electrons. The molecule has 0 bridgehead atoms. The van der Waals surface area contributed by atoms with Gasteiger partial charge in [-0.1, -0.05) is 0 Å². The predicted molar refractivity (Wildman–Crippen MR) is 60.5 cm³/mol. The van der Waals surface area contributed by atoms with Gasteiger partial charge in [0.2, 0.25) is 0 Å². The van der Waals surface area contributed by atoms with Crippen molar-refractivity contribution in [2.24, 2.45) is 19.8 Å². The highest BCUT2D eigenvalue weighted by molar-refractivity contribution is 5.64. The summed E-state index contributed by atoms with van der Waals surface area (Å²) in [6, 6.07) is 1.73. The standard InChI is InChI=1S/C11H13F3N4/c1-17-4-3-7(6-17)9-8(5-15)10(11(12,13)14)16-18(9)2/h3-4,6H,5,15H2,1-2H3. The van der Waals surface area contributed by atoms with Crippen LogP contribution in [0.3, 0.4) is 0 Å². The Kier molecular flexibility index (Phi) is 2.94. The zero-order chi connectivity index (χ0) is 13.5. The largest absolute Gasteiger partial charge is 0.435 e. The van der Waals surface area contributed by atoms with E-state index in [4.69, 9.17) is 5.73 Å². The van der Waals surface area contributed by atoms with E-state index in [1.807, 2.05) is 0 Å². The molecule has 18 heavy (non-hydrogen) atoms. The molecule has 7 heteroatoms. The quantitative estimate of drug-likeness (QED) is 0.894. The number of rotatable bonds is 2. The minimum atomic E-state index is -4.49. The number of aryl methyl sites for hydroxylation is 2. The number of hydrogen-bond donors (Lipinski definition) is 1. The van der Waals surface area contributed by atoms with Crippen molar-refractivity contribution in [3.05, 3.63) is 29.7 Å². The summed E-state index contributed by atoms with van der Waals surface area (Å²) in [5.41, 5.74) is 5.64. The minimum Gasteiger partial charge on any atom is -0.357 e. The summed E-state index contributed by atoms with van der Waals surface area (Å²) in [5.74, 6) is 0. The highest BCUT2D eigenvalue weighted by atomic mass is 19.4. The van der Waals surface area contributed by atoms with E-state index in [1.54, 1.807) is 30.1 Å². The Morgan fingerprint density at radius 2 is 2.00 bits per heavy atom. The lowest BCUT2D eigenvalue weighted by atomic mass is 10.1. The van der Waals surface area contributed by atoms with Crippen LogP contribution < -0.4 is 5.73 Å². The fraction of sp³-hybridized carbons (Fsp3) is 0.364. The first-order valence-electron chi connectivity index (χ1n) is 5.30. The molecule has 4 nitrogen and oxygen atoms in total. The molecule has 0 atom stereocenters. The maximum atomic E-state index is 12.8. The van der Waals surface area contributed by atoms with Gasteiger partial charge in [0.1, 0.15) is 0 Å². The molecule has 2 N–H and O–H groups in total. The Morgan fingerprint density at radius 3 is 2.44 bits per heavy atom. The average molecular weight is 258 g/mol. The zero-order valence-electron chi connectivity index (χ0n) is 9.99. The molecule has 0 aliphatic heterocycles. The molecule has 0 saturated heterocycles. The van der Waals surface area contributed by atoms with Gasteiger partial charge < -0.3 is 10.3 Å². The van der Waals surface area contributed by atoms with Crippen LogP contribution >= 0.6 is 0 Å². The molecule has 0 radical (unpaired) electrons. The highest BCUT2D eigenvalue weighted by Crippen LogP contribution is 2.35. The van der Waals surface area contributed by atoms with E-state index < -0.39 is 11.9 Å². The molecule has 2 rings (SSSR count). The molecule has 0 aliphatic carbocycles. The molecule has 0 aromatic carbocycles. The molecule has 0 amide bonds. The van der Waals surface area contributed by atoms with E-state index in [1.165, 1.54) is 11.7 Å². The van der Waals surface area contributed by atoms with E-state index >= 15 is 0 Å². The van der Waals surface area contributed by atoms with E-state index in [0.29, 0.717) is 11.3 Å². The molecule has 2 aromatic rings. The molecular weight excluding hydrogens is 245 g/mol. The van der Waals surface area contributed by atoms with Crippen molar-refractivity contribution in [2.45, 2.75) is 12.7 Å². The second kappa shape index (κ2) is 4.16. The maximum Gasteiger partial charge on any atom is 0.435 e. The van der Waals surface area contributed by atoms with Crippen LogP contribution in [0.5, 0.6) is 0 Å². The molecule has 2 heterocycles. The predicted octanol–water partition coefficient (Wildman–Crippen LogP) is 1.90. The summed E-state index contributed by atoms with van der Waals surface area (Å²) >= 11 is 0. The van der Waals surface area contributed by atoms with Gasteiger partial charge >= 0.3 is 6.18 Å². The maximum absolute atomic E-state index is 12.8. The fourth-order valence-corrected chi connectivity index (χ4v) is 1.99. The topological polar surface area (TPSA) is 48.8 Å². The van der Waals surface area contributed by atoms with E-state index in [9.17, 15) is 13.2 Å². The molecular formula is C11H13F3N4. The van der Waals surface area contributed by atoms with Crippen LogP contribution in [0.25, 0.3) is 11.3 Å². The first-order valence-corrected chi connectivity index (χ1v) is 5.30. The van der Waals surface area contributed by atoms with Crippen LogP contribution in [-0.2, 0) is 26.8 Å². The Labute approximate surface area is 102 Å². The Morgan fingerprint density at radius 1 is 1.33 bits per heavy atom. The van der Waals surface area contributed by atoms with Crippen molar-refractivity contribution in [3.8, 4) is 11.3 Å². The summed E-state index contributed by atoms with van der Waals surface area (Å²) in [5, 5.41) is 3.54. The smallest absolute Gasteiger partial charge is 0.357 e. The zero-order valence-corrected chi connectivity index (χ0v) is 9.99. The monoisotopic (exact) mass is 258 g/mol. The Hall–Kier alpha value is -1.76. The van der Waals surface area contributed by atoms with Gasteiger partial charge in [-0.2, -0.15) is 18.3 Å². The van der Waals surface area contributed by atoms with E-state index in [-0.39, 0.29) is 12.1 Å². The number of alkyl halides is 3. The van der Waals surface area contributed by atoms with E-state index in [0.717, 1.165) is 0 Å². The van der Waals surface area contributed by atoms with Crippen molar-refractivity contribution in [1.82, 2.24) is 14.3 Å². The normalized spacial score (nSPS) is 12.1.